The fourth-order valence-corrected chi connectivity index (χ4v) is 2.64. The summed E-state index contributed by atoms with van der Waals surface area (Å²) in [5, 5.41) is 4.09. The molecule has 0 aliphatic heterocycles. The van der Waals surface area contributed by atoms with Gasteiger partial charge < -0.3 is 9.64 Å². The molecule has 1 heterocycles. The molecule has 27 heavy (non-hydrogen) atoms. The van der Waals surface area contributed by atoms with Gasteiger partial charge in [-0.1, -0.05) is 12.1 Å². The van der Waals surface area contributed by atoms with E-state index < -0.39 is 11.6 Å². The highest BCUT2D eigenvalue weighted by molar-refractivity contribution is 5.94. The van der Waals surface area contributed by atoms with Gasteiger partial charge in [-0.05, 0) is 35.9 Å². The zero-order chi connectivity index (χ0) is 19.4. The van der Waals surface area contributed by atoms with Crippen molar-refractivity contribution in [2.75, 3.05) is 7.05 Å². The molecule has 0 unspecified atom stereocenters. The minimum absolute atomic E-state index is 0.0403. The van der Waals surface area contributed by atoms with E-state index in [1.807, 2.05) is 13.1 Å². The number of carbonyl (C=O) groups excluding carboxylic acids is 1. The van der Waals surface area contributed by atoms with Crippen LogP contribution in [0.25, 0.3) is 0 Å². The number of hydrogen-bond donors (Lipinski definition) is 0. The molecule has 0 bridgehead atoms. The van der Waals surface area contributed by atoms with E-state index in [4.69, 9.17) is 4.74 Å². The number of rotatable bonds is 6. The Morgan fingerprint density at radius 3 is 2.70 bits per heavy atom. The molecule has 0 aliphatic carbocycles. The van der Waals surface area contributed by atoms with Crippen LogP contribution in [0, 0.1) is 11.6 Å². The average molecular weight is 371 g/mol. The lowest BCUT2D eigenvalue weighted by atomic mass is 10.1. The van der Waals surface area contributed by atoms with Gasteiger partial charge in [0.2, 0.25) is 0 Å². The molecule has 140 valence electrons. The third-order valence-electron chi connectivity index (χ3n) is 4.13. The molecule has 3 aromatic rings. The highest BCUT2D eigenvalue weighted by atomic mass is 19.1. The smallest absolute Gasteiger partial charge is 0.253 e. The average Bonchev–Trinajstić information content (AvgIpc) is 3.05. The Morgan fingerprint density at radius 1 is 1.19 bits per heavy atom. The number of carbonyl (C=O) groups is 1. The number of aryl methyl sites for hydroxylation is 1. The van der Waals surface area contributed by atoms with Crippen molar-refractivity contribution in [2.24, 2.45) is 7.05 Å². The summed E-state index contributed by atoms with van der Waals surface area (Å²) in [4.78, 5) is 14.2. The first-order chi connectivity index (χ1) is 12.9. The van der Waals surface area contributed by atoms with E-state index in [1.54, 1.807) is 47.1 Å². The van der Waals surface area contributed by atoms with Crippen LogP contribution in [0.5, 0.6) is 5.75 Å². The van der Waals surface area contributed by atoms with E-state index in [9.17, 15) is 13.6 Å². The summed E-state index contributed by atoms with van der Waals surface area (Å²) in [6, 6.07) is 11.9. The van der Waals surface area contributed by atoms with Crippen molar-refractivity contribution in [2.45, 2.75) is 13.2 Å². The lowest BCUT2D eigenvalue weighted by Crippen LogP contribution is -2.27. The summed E-state index contributed by atoms with van der Waals surface area (Å²) in [7, 11) is 3.53. The molecule has 7 heteroatoms. The SMILES string of the molecule is CN(Cc1ccnn1C)C(=O)c1cccc(COc2ccc(F)cc2F)c1. The van der Waals surface area contributed by atoms with Crippen molar-refractivity contribution in [3.63, 3.8) is 0 Å². The van der Waals surface area contributed by atoms with Crippen LogP contribution in [-0.2, 0) is 20.2 Å². The Labute approximate surface area is 155 Å². The predicted molar refractivity (Wildman–Crippen MR) is 96.1 cm³/mol. The topological polar surface area (TPSA) is 47.4 Å². The Bertz CT molecular complexity index is 956. The van der Waals surface area contributed by atoms with Gasteiger partial charge in [0.15, 0.2) is 11.6 Å². The molecule has 1 amide bonds. The van der Waals surface area contributed by atoms with Crippen LogP contribution in [0.3, 0.4) is 0 Å². The van der Waals surface area contributed by atoms with Gasteiger partial charge >= 0.3 is 0 Å². The second-order valence-electron chi connectivity index (χ2n) is 6.17. The number of nitrogens with zero attached hydrogens (tertiary/aromatic N) is 3. The van der Waals surface area contributed by atoms with Crippen LogP contribution < -0.4 is 4.74 Å². The second-order valence-corrected chi connectivity index (χ2v) is 6.17. The molecule has 0 spiro atoms. The van der Waals surface area contributed by atoms with Gasteiger partial charge in [0.1, 0.15) is 12.4 Å². The maximum Gasteiger partial charge on any atom is 0.253 e. The molecule has 1 aromatic heterocycles. The maximum absolute atomic E-state index is 13.6. The molecule has 2 aromatic carbocycles. The monoisotopic (exact) mass is 371 g/mol. The minimum Gasteiger partial charge on any atom is -0.486 e. The number of ether oxygens (including phenoxy) is 1. The van der Waals surface area contributed by atoms with Crippen LogP contribution in [0.4, 0.5) is 8.78 Å². The zero-order valence-electron chi connectivity index (χ0n) is 15.0. The largest absolute Gasteiger partial charge is 0.486 e. The van der Waals surface area contributed by atoms with Gasteiger partial charge in [0.25, 0.3) is 5.91 Å². The van der Waals surface area contributed by atoms with Crippen LogP contribution >= 0.6 is 0 Å². The summed E-state index contributed by atoms with van der Waals surface area (Å²) in [6.45, 7) is 0.492. The molecule has 0 fully saturated rings. The van der Waals surface area contributed by atoms with Crippen molar-refractivity contribution >= 4 is 5.91 Å². The molecule has 5 nitrogen and oxygen atoms in total. The molecule has 0 aliphatic rings. The summed E-state index contributed by atoms with van der Waals surface area (Å²) in [5.74, 6) is -1.62. The van der Waals surface area contributed by atoms with E-state index in [-0.39, 0.29) is 18.3 Å². The Balaban J connectivity index is 1.67. The Morgan fingerprint density at radius 2 is 2.00 bits per heavy atom. The number of hydrogen-bond acceptors (Lipinski definition) is 3. The maximum atomic E-state index is 13.6. The summed E-state index contributed by atoms with van der Waals surface area (Å²) in [5.41, 5.74) is 2.12. The lowest BCUT2D eigenvalue weighted by molar-refractivity contribution is 0.0782. The van der Waals surface area contributed by atoms with Crippen molar-refractivity contribution in [3.8, 4) is 5.75 Å². The third kappa shape index (κ3) is 4.49. The van der Waals surface area contributed by atoms with Gasteiger partial charge in [-0.25, -0.2) is 8.78 Å². The van der Waals surface area contributed by atoms with Crippen molar-refractivity contribution in [3.05, 3.63) is 83.2 Å². The zero-order valence-corrected chi connectivity index (χ0v) is 15.0. The fourth-order valence-electron chi connectivity index (χ4n) is 2.64. The molecule has 0 atom stereocenters. The first kappa shape index (κ1) is 18.6. The molecule has 0 saturated heterocycles. The lowest BCUT2D eigenvalue weighted by Gasteiger charge is -2.18. The third-order valence-corrected chi connectivity index (χ3v) is 4.13. The van der Waals surface area contributed by atoms with Gasteiger partial charge in [-0.15, -0.1) is 0 Å². The summed E-state index contributed by atoms with van der Waals surface area (Å²) in [6.07, 6.45) is 1.68. The normalized spacial score (nSPS) is 10.7. The number of halogens is 2. The van der Waals surface area contributed by atoms with Gasteiger partial charge in [-0.2, -0.15) is 5.10 Å². The first-order valence-electron chi connectivity index (χ1n) is 8.33. The van der Waals surface area contributed by atoms with E-state index in [0.29, 0.717) is 17.7 Å². The standard InChI is InChI=1S/C20H19F2N3O2/c1-24(12-17-8-9-23-25(17)2)20(26)15-5-3-4-14(10-15)13-27-19-7-6-16(21)11-18(19)22/h3-11H,12-13H2,1-2H3. The second kappa shape index (κ2) is 7.99. The Kier molecular flexibility index (Phi) is 5.49. The highest BCUT2D eigenvalue weighted by Gasteiger charge is 2.14. The van der Waals surface area contributed by atoms with E-state index in [2.05, 4.69) is 5.10 Å². The van der Waals surface area contributed by atoms with Crippen LogP contribution in [0.15, 0.2) is 54.7 Å². The van der Waals surface area contributed by atoms with E-state index >= 15 is 0 Å². The Hall–Kier alpha value is -3.22. The molecule has 0 N–H and O–H groups in total. The number of amides is 1. The van der Waals surface area contributed by atoms with Crippen molar-refractivity contribution in [1.82, 2.24) is 14.7 Å². The molecule has 0 saturated carbocycles. The number of benzene rings is 2. The van der Waals surface area contributed by atoms with E-state index in [0.717, 1.165) is 17.8 Å². The van der Waals surface area contributed by atoms with Crippen molar-refractivity contribution in [1.29, 1.82) is 0 Å². The molecule has 0 radical (unpaired) electrons. The van der Waals surface area contributed by atoms with Crippen LogP contribution in [0.1, 0.15) is 21.6 Å². The molecular weight excluding hydrogens is 352 g/mol. The number of aromatic nitrogens is 2. The fraction of sp³-hybridized carbons (Fsp3) is 0.200. The van der Waals surface area contributed by atoms with Gasteiger partial charge in [0.05, 0.1) is 12.2 Å². The minimum atomic E-state index is -0.766. The highest BCUT2D eigenvalue weighted by Crippen LogP contribution is 2.19. The summed E-state index contributed by atoms with van der Waals surface area (Å²) >= 11 is 0. The van der Waals surface area contributed by atoms with E-state index in [1.165, 1.54) is 6.07 Å². The van der Waals surface area contributed by atoms with Crippen molar-refractivity contribution < 1.29 is 18.3 Å². The van der Waals surface area contributed by atoms with Gasteiger partial charge in [-0.3, -0.25) is 9.48 Å². The summed E-state index contributed by atoms with van der Waals surface area (Å²) < 4.78 is 33.7. The molecule has 3 rings (SSSR count). The van der Waals surface area contributed by atoms with Crippen LogP contribution in [0.2, 0.25) is 0 Å². The van der Waals surface area contributed by atoms with Gasteiger partial charge in [0, 0.05) is 31.9 Å². The van der Waals surface area contributed by atoms with Crippen LogP contribution in [-0.4, -0.2) is 27.6 Å². The quantitative estimate of drug-likeness (QED) is 0.666. The predicted octanol–water partition coefficient (Wildman–Crippen LogP) is 3.55. The first-order valence-corrected chi connectivity index (χ1v) is 8.33. The molecular formula is C20H19F2N3O2.